The molecule has 6 nitrogen and oxygen atoms in total. The molecular weight excluding hydrogens is 378 g/mol. The van der Waals surface area contributed by atoms with Crippen LogP contribution in [-0.4, -0.2) is 28.9 Å². The van der Waals surface area contributed by atoms with Crippen molar-refractivity contribution in [3.8, 4) is 11.5 Å². The van der Waals surface area contributed by atoms with Crippen LogP contribution in [0.25, 0.3) is 0 Å². The van der Waals surface area contributed by atoms with Crippen LogP contribution < -0.4 is 10.1 Å². The number of furan rings is 1. The van der Waals surface area contributed by atoms with Gasteiger partial charge in [0.1, 0.15) is 23.0 Å². The van der Waals surface area contributed by atoms with Crippen molar-refractivity contribution in [2.45, 2.75) is 33.2 Å². The summed E-state index contributed by atoms with van der Waals surface area (Å²) < 4.78 is 11.5. The molecule has 1 aliphatic heterocycles. The molecule has 0 bridgehead atoms. The Morgan fingerprint density at radius 2 is 1.93 bits per heavy atom. The number of carbonyl (C=O) groups is 1. The van der Waals surface area contributed by atoms with Gasteiger partial charge in [0, 0.05) is 17.8 Å². The number of amides is 1. The summed E-state index contributed by atoms with van der Waals surface area (Å²) in [5.74, 6) is 3.49. The van der Waals surface area contributed by atoms with Gasteiger partial charge in [-0.05, 0) is 87.8 Å². The molecule has 156 valence electrons. The first kappa shape index (κ1) is 20.2. The molecule has 1 aromatic carbocycles. The van der Waals surface area contributed by atoms with Crippen molar-refractivity contribution in [3.63, 3.8) is 0 Å². The molecule has 6 heteroatoms. The summed E-state index contributed by atoms with van der Waals surface area (Å²) in [7, 11) is 0. The maximum absolute atomic E-state index is 12.7. The van der Waals surface area contributed by atoms with Crippen LogP contribution in [0.4, 0.5) is 5.69 Å². The number of ether oxygens (including phenoxy) is 1. The summed E-state index contributed by atoms with van der Waals surface area (Å²) in [5.41, 5.74) is 1.97. The van der Waals surface area contributed by atoms with Crippen molar-refractivity contribution < 1.29 is 13.9 Å². The number of likely N-dealkylation sites (tertiary alicyclic amines) is 1. The Kier molecular flexibility index (Phi) is 6.14. The number of aromatic nitrogens is 1. The van der Waals surface area contributed by atoms with Crippen molar-refractivity contribution in [1.82, 2.24) is 9.88 Å². The van der Waals surface area contributed by atoms with E-state index in [1.165, 1.54) is 5.56 Å². The third-order valence-electron chi connectivity index (χ3n) is 5.55. The van der Waals surface area contributed by atoms with E-state index in [0.717, 1.165) is 49.7 Å². The molecular formula is C24H27N3O3. The van der Waals surface area contributed by atoms with Crippen molar-refractivity contribution in [1.29, 1.82) is 0 Å². The highest BCUT2D eigenvalue weighted by atomic mass is 16.5. The fourth-order valence-corrected chi connectivity index (χ4v) is 3.70. The second-order valence-corrected chi connectivity index (χ2v) is 7.81. The predicted octanol–water partition coefficient (Wildman–Crippen LogP) is 4.93. The van der Waals surface area contributed by atoms with Gasteiger partial charge < -0.3 is 14.5 Å². The van der Waals surface area contributed by atoms with Gasteiger partial charge >= 0.3 is 0 Å². The Hall–Kier alpha value is -3.12. The van der Waals surface area contributed by atoms with Gasteiger partial charge in [-0.2, -0.15) is 0 Å². The van der Waals surface area contributed by atoms with E-state index in [9.17, 15) is 4.79 Å². The Labute approximate surface area is 176 Å². The lowest BCUT2D eigenvalue weighted by Crippen LogP contribution is -2.37. The zero-order valence-electron chi connectivity index (χ0n) is 17.4. The lowest BCUT2D eigenvalue weighted by Gasteiger charge is -2.30. The van der Waals surface area contributed by atoms with E-state index < -0.39 is 0 Å². The van der Waals surface area contributed by atoms with E-state index in [1.54, 1.807) is 12.4 Å². The molecule has 30 heavy (non-hydrogen) atoms. The summed E-state index contributed by atoms with van der Waals surface area (Å²) in [5, 5.41) is 3.03. The van der Waals surface area contributed by atoms with Gasteiger partial charge in [-0.15, -0.1) is 0 Å². The van der Waals surface area contributed by atoms with Gasteiger partial charge in [0.05, 0.1) is 12.7 Å². The number of pyridine rings is 1. The highest BCUT2D eigenvalue weighted by Crippen LogP contribution is 2.25. The minimum atomic E-state index is 0.0349. The SMILES string of the molecule is Cc1cc(CN2CCC(C(=O)Nc3ccc(Oc4cccnc4)cc3)CC2)oc1C. The molecule has 1 fully saturated rings. The van der Waals surface area contributed by atoms with E-state index in [-0.39, 0.29) is 11.8 Å². The van der Waals surface area contributed by atoms with E-state index in [2.05, 4.69) is 28.2 Å². The lowest BCUT2D eigenvalue weighted by atomic mass is 9.95. The van der Waals surface area contributed by atoms with E-state index in [0.29, 0.717) is 11.5 Å². The number of benzene rings is 1. The number of nitrogens with zero attached hydrogens (tertiary/aromatic N) is 2. The second-order valence-electron chi connectivity index (χ2n) is 7.81. The second kappa shape index (κ2) is 9.13. The minimum absolute atomic E-state index is 0.0349. The lowest BCUT2D eigenvalue weighted by molar-refractivity contribution is -0.121. The maximum Gasteiger partial charge on any atom is 0.227 e. The number of nitrogens with one attached hydrogen (secondary N) is 1. The van der Waals surface area contributed by atoms with Crippen molar-refractivity contribution >= 4 is 11.6 Å². The normalized spacial score (nSPS) is 15.1. The van der Waals surface area contributed by atoms with Crippen LogP contribution in [0.2, 0.25) is 0 Å². The number of anilines is 1. The van der Waals surface area contributed by atoms with Crippen LogP contribution in [0.15, 0.2) is 59.3 Å². The van der Waals surface area contributed by atoms with Crippen LogP contribution in [0.5, 0.6) is 11.5 Å². The van der Waals surface area contributed by atoms with Gasteiger partial charge in [0.15, 0.2) is 0 Å². The third kappa shape index (κ3) is 5.07. The molecule has 1 saturated heterocycles. The Morgan fingerprint density at radius 1 is 1.17 bits per heavy atom. The summed E-state index contributed by atoms with van der Waals surface area (Å²) >= 11 is 0. The molecule has 0 aliphatic carbocycles. The number of piperidine rings is 1. The van der Waals surface area contributed by atoms with Crippen molar-refractivity contribution in [2.75, 3.05) is 18.4 Å². The zero-order valence-corrected chi connectivity index (χ0v) is 17.4. The number of hydrogen-bond acceptors (Lipinski definition) is 5. The third-order valence-corrected chi connectivity index (χ3v) is 5.55. The average Bonchev–Trinajstić information content (AvgIpc) is 3.07. The summed E-state index contributed by atoms with van der Waals surface area (Å²) in [4.78, 5) is 19.1. The topological polar surface area (TPSA) is 67.6 Å². The van der Waals surface area contributed by atoms with Crippen molar-refractivity contribution in [3.05, 3.63) is 71.9 Å². The minimum Gasteiger partial charge on any atom is -0.465 e. The molecule has 1 N–H and O–H groups in total. The average molecular weight is 405 g/mol. The Bertz CT molecular complexity index is 955. The van der Waals surface area contributed by atoms with E-state index in [1.807, 2.05) is 43.3 Å². The first-order valence-electron chi connectivity index (χ1n) is 10.3. The highest BCUT2D eigenvalue weighted by molar-refractivity contribution is 5.92. The fraction of sp³-hybridized carbons (Fsp3) is 0.333. The van der Waals surface area contributed by atoms with Crippen LogP contribution in [-0.2, 0) is 11.3 Å². The molecule has 0 unspecified atom stereocenters. The summed E-state index contributed by atoms with van der Waals surface area (Å²) in [6.45, 7) is 6.66. The van der Waals surface area contributed by atoms with Crippen LogP contribution in [0, 0.1) is 19.8 Å². The molecule has 0 atom stereocenters. The number of hydrogen-bond donors (Lipinski definition) is 1. The van der Waals surface area contributed by atoms with Crippen LogP contribution in [0.1, 0.15) is 29.9 Å². The predicted molar refractivity (Wildman–Crippen MR) is 116 cm³/mol. The van der Waals surface area contributed by atoms with Crippen molar-refractivity contribution in [2.24, 2.45) is 5.92 Å². The number of rotatable bonds is 6. The first-order chi connectivity index (χ1) is 14.6. The Morgan fingerprint density at radius 3 is 2.57 bits per heavy atom. The molecule has 3 heterocycles. The molecule has 1 aliphatic rings. The fourth-order valence-electron chi connectivity index (χ4n) is 3.70. The number of aryl methyl sites for hydroxylation is 2. The quantitative estimate of drug-likeness (QED) is 0.629. The largest absolute Gasteiger partial charge is 0.465 e. The van der Waals surface area contributed by atoms with Crippen LogP contribution in [0.3, 0.4) is 0 Å². The molecule has 3 aromatic rings. The summed E-state index contributed by atoms with van der Waals surface area (Å²) in [6, 6.07) is 13.2. The Balaban J connectivity index is 1.25. The van der Waals surface area contributed by atoms with Gasteiger partial charge in [0.25, 0.3) is 0 Å². The first-order valence-corrected chi connectivity index (χ1v) is 10.3. The number of carbonyl (C=O) groups excluding carboxylic acids is 1. The molecule has 0 saturated carbocycles. The maximum atomic E-state index is 12.7. The smallest absolute Gasteiger partial charge is 0.227 e. The van der Waals surface area contributed by atoms with Gasteiger partial charge in [-0.3, -0.25) is 14.7 Å². The van der Waals surface area contributed by atoms with E-state index in [4.69, 9.17) is 9.15 Å². The monoisotopic (exact) mass is 405 g/mol. The summed E-state index contributed by atoms with van der Waals surface area (Å²) in [6.07, 6.45) is 5.07. The van der Waals surface area contributed by atoms with Gasteiger partial charge in [-0.25, -0.2) is 0 Å². The van der Waals surface area contributed by atoms with Gasteiger partial charge in [-0.1, -0.05) is 0 Å². The molecule has 0 spiro atoms. The molecule has 1 amide bonds. The molecule has 2 aromatic heterocycles. The van der Waals surface area contributed by atoms with E-state index >= 15 is 0 Å². The van der Waals surface area contributed by atoms with Gasteiger partial charge in [0.2, 0.25) is 5.91 Å². The van der Waals surface area contributed by atoms with Crippen LogP contribution >= 0.6 is 0 Å². The molecule has 4 rings (SSSR count). The zero-order chi connectivity index (χ0) is 20.9. The standard InChI is InChI=1S/C24H27N3O3/c1-17-14-23(29-18(17)2)16-27-12-9-19(10-13-27)24(28)26-20-5-7-21(8-6-20)30-22-4-3-11-25-15-22/h3-8,11,14-15,19H,9-10,12-13,16H2,1-2H3,(H,26,28). The molecule has 0 radical (unpaired) electrons. The highest BCUT2D eigenvalue weighted by Gasteiger charge is 2.25.